The maximum absolute atomic E-state index is 13.7. The Kier molecular flexibility index (Phi) is 7.54. The molecule has 0 saturated carbocycles. The molecule has 0 unspecified atom stereocenters. The average Bonchev–Trinajstić information content (AvgIpc) is 3.40. The molecule has 0 fully saturated rings. The molecule has 0 atom stereocenters. The largest absolute Gasteiger partial charge is 0.494 e. The lowest BCUT2D eigenvalue weighted by molar-refractivity contribution is 0.0985. The van der Waals surface area contributed by atoms with Gasteiger partial charge in [0.05, 0.1) is 29.1 Å². The molecule has 0 aliphatic heterocycles. The fourth-order valence-corrected chi connectivity index (χ4v) is 4.97. The van der Waals surface area contributed by atoms with Crippen molar-refractivity contribution in [1.82, 2.24) is 14.8 Å². The summed E-state index contributed by atoms with van der Waals surface area (Å²) < 4.78 is 8.68. The van der Waals surface area contributed by atoms with Crippen molar-refractivity contribution >= 4 is 44.2 Å². The lowest BCUT2D eigenvalue weighted by atomic mass is 10.2. The van der Waals surface area contributed by atoms with Crippen LogP contribution in [0, 0.1) is 20.8 Å². The van der Waals surface area contributed by atoms with E-state index in [1.165, 1.54) is 11.3 Å². The number of ether oxygens (including phenoxy) is 1. The molecule has 2 aromatic carbocycles. The summed E-state index contributed by atoms with van der Waals surface area (Å²) in [6, 6.07) is 13.2. The maximum Gasteiger partial charge on any atom is 0.260 e. The molecule has 0 bridgehead atoms. The number of hydrogen-bond acceptors (Lipinski definition) is 5. The van der Waals surface area contributed by atoms with Crippen LogP contribution in [0.15, 0.2) is 42.5 Å². The third-order valence-electron chi connectivity index (χ3n) is 5.72. The van der Waals surface area contributed by atoms with E-state index in [2.05, 4.69) is 12.0 Å². The van der Waals surface area contributed by atoms with E-state index >= 15 is 0 Å². The minimum atomic E-state index is -0.107. The molecular weight excluding hydrogens is 468 g/mol. The summed E-state index contributed by atoms with van der Waals surface area (Å²) in [7, 11) is 0. The number of carbonyl (C=O) groups is 1. The van der Waals surface area contributed by atoms with Crippen LogP contribution in [0.2, 0.25) is 5.02 Å². The molecule has 0 N–H and O–H groups in total. The van der Waals surface area contributed by atoms with E-state index in [4.69, 9.17) is 21.3 Å². The number of nitrogens with zero attached hydrogens (tertiary/aromatic N) is 4. The summed E-state index contributed by atoms with van der Waals surface area (Å²) in [6.45, 7) is 9.76. The SMILES string of the molecule is CCCCOc1ccc(C(=O)N(CCn2nc(C)cc2C)c2nc3c(C)c(Cl)ccc3s2)cc1. The highest BCUT2D eigenvalue weighted by atomic mass is 35.5. The molecule has 0 aliphatic carbocycles. The van der Waals surface area contributed by atoms with E-state index in [0.717, 1.165) is 45.8 Å². The van der Waals surface area contributed by atoms with Crippen molar-refractivity contribution in [1.29, 1.82) is 0 Å². The van der Waals surface area contributed by atoms with Gasteiger partial charge in [0.25, 0.3) is 5.91 Å². The van der Waals surface area contributed by atoms with Gasteiger partial charge in [-0.25, -0.2) is 4.98 Å². The molecule has 2 heterocycles. The molecule has 4 aromatic rings. The van der Waals surface area contributed by atoms with Crippen LogP contribution in [-0.4, -0.2) is 33.8 Å². The number of unbranched alkanes of at least 4 members (excludes halogenated alkanes) is 1. The number of halogens is 1. The van der Waals surface area contributed by atoms with Gasteiger partial charge in [0, 0.05) is 22.8 Å². The second kappa shape index (κ2) is 10.6. The highest BCUT2D eigenvalue weighted by Gasteiger charge is 2.22. The third kappa shape index (κ3) is 5.26. The first-order chi connectivity index (χ1) is 16.4. The number of aromatic nitrogens is 3. The summed E-state index contributed by atoms with van der Waals surface area (Å²) in [5, 5.41) is 5.87. The van der Waals surface area contributed by atoms with Crippen molar-refractivity contribution in [3.63, 3.8) is 0 Å². The second-order valence-corrected chi connectivity index (χ2v) is 9.77. The van der Waals surface area contributed by atoms with Crippen LogP contribution < -0.4 is 9.64 Å². The molecule has 34 heavy (non-hydrogen) atoms. The Morgan fingerprint density at radius 3 is 2.59 bits per heavy atom. The fraction of sp³-hybridized carbons (Fsp3) is 0.346. The quantitative estimate of drug-likeness (QED) is 0.245. The molecule has 0 spiro atoms. The van der Waals surface area contributed by atoms with E-state index in [0.29, 0.717) is 35.4 Å². The van der Waals surface area contributed by atoms with Gasteiger partial charge in [-0.1, -0.05) is 36.3 Å². The van der Waals surface area contributed by atoms with Gasteiger partial charge in [0.2, 0.25) is 0 Å². The van der Waals surface area contributed by atoms with Crippen LogP contribution >= 0.6 is 22.9 Å². The van der Waals surface area contributed by atoms with Gasteiger partial charge in [-0.2, -0.15) is 5.10 Å². The summed E-state index contributed by atoms with van der Waals surface area (Å²) in [6.07, 6.45) is 2.08. The van der Waals surface area contributed by atoms with Crippen LogP contribution in [0.3, 0.4) is 0 Å². The van der Waals surface area contributed by atoms with Gasteiger partial charge in [0.15, 0.2) is 5.13 Å². The Bertz CT molecular complexity index is 1300. The topological polar surface area (TPSA) is 60.2 Å². The Labute approximate surface area is 209 Å². The molecule has 0 saturated heterocycles. The van der Waals surface area contributed by atoms with Crippen LogP contribution in [0.1, 0.15) is 47.1 Å². The second-order valence-electron chi connectivity index (χ2n) is 8.35. The first-order valence-corrected chi connectivity index (χ1v) is 12.7. The van der Waals surface area contributed by atoms with Gasteiger partial charge in [-0.15, -0.1) is 0 Å². The van der Waals surface area contributed by atoms with Gasteiger partial charge in [-0.05, 0) is 75.2 Å². The zero-order valence-electron chi connectivity index (χ0n) is 20.0. The molecule has 8 heteroatoms. The number of anilines is 1. The standard InChI is InChI=1S/C26H29ClN4O2S/c1-5-6-15-33-21-9-7-20(8-10-21)25(32)30(13-14-31-18(3)16-17(2)29-31)26-28-24-19(4)22(27)11-12-23(24)34-26/h7-12,16H,5-6,13-15H2,1-4H3. The van der Waals surface area contributed by atoms with Crippen molar-refractivity contribution < 1.29 is 9.53 Å². The molecule has 4 rings (SSSR count). The highest BCUT2D eigenvalue weighted by Crippen LogP contribution is 2.34. The van der Waals surface area contributed by atoms with Crippen molar-refractivity contribution in [3.8, 4) is 5.75 Å². The molecule has 0 radical (unpaired) electrons. The van der Waals surface area contributed by atoms with Gasteiger partial charge >= 0.3 is 0 Å². The zero-order chi connectivity index (χ0) is 24.2. The molecule has 2 aromatic heterocycles. The minimum Gasteiger partial charge on any atom is -0.494 e. The van der Waals surface area contributed by atoms with Crippen LogP contribution in [-0.2, 0) is 6.54 Å². The van der Waals surface area contributed by atoms with Gasteiger partial charge in [-0.3, -0.25) is 14.4 Å². The Morgan fingerprint density at radius 1 is 1.15 bits per heavy atom. The van der Waals surface area contributed by atoms with Crippen molar-refractivity contribution in [2.24, 2.45) is 0 Å². The number of fused-ring (bicyclic) bond motifs is 1. The van der Waals surface area contributed by atoms with Crippen molar-refractivity contribution in [2.75, 3.05) is 18.1 Å². The predicted molar refractivity (Wildman–Crippen MR) is 140 cm³/mol. The van der Waals surface area contributed by atoms with Crippen LogP contribution in [0.4, 0.5) is 5.13 Å². The first-order valence-electron chi connectivity index (χ1n) is 11.5. The number of thiazole rings is 1. The van der Waals surface area contributed by atoms with Crippen LogP contribution in [0.5, 0.6) is 5.75 Å². The van der Waals surface area contributed by atoms with E-state index in [-0.39, 0.29) is 5.91 Å². The van der Waals surface area contributed by atoms with E-state index in [1.807, 2.05) is 67.9 Å². The maximum atomic E-state index is 13.7. The average molecular weight is 497 g/mol. The van der Waals surface area contributed by atoms with Crippen LogP contribution in [0.25, 0.3) is 10.2 Å². The number of rotatable bonds is 9. The molecule has 6 nitrogen and oxygen atoms in total. The van der Waals surface area contributed by atoms with E-state index < -0.39 is 0 Å². The summed E-state index contributed by atoms with van der Waals surface area (Å²) >= 11 is 7.81. The smallest absolute Gasteiger partial charge is 0.260 e. The van der Waals surface area contributed by atoms with Crippen molar-refractivity contribution in [2.45, 2.75) is 47.1 Å². The van der Waals surface area contributed by atoms with Crippen molar-refractivity contribution in [3.05, 3.63) is 70.0 Å². The highest BCUT2D eigenvalue weighted by molar-refractivity contribution is 7.22. The number of aryl methyl sites for hydroxylation is 3. The van der Waals surface area contributed by atoms with Gasteiger partial charge in [0.1, 0.15) is 5.75 Å². The summed E-state index contributed by atoms with van der Waals surface area (Å²) in [5.41, 5.74) is 4.35. The molecule has 0 aliphatic rings. The summed E-state index contributed by atoms with van der Waals surface area (Å²) in [5.74, 6) is 0.661. The fourth-order valence-electron chi connectivity index (χ4n) is 3.77. The van der Waals surface area contributed by atoms with E-state index in [1.54, 1.807) is 4.90 Å². The molecule has 1 amide bonds. The third-order valence-corrected chi connectivity index (χ3v) is 7.17. The first kappa shape index (κ1) is 24.2. The number of benzene rings is 2. The van der Waals surface area contributed by atoms with Gasteiger partial charge < -0.3 is 4.74 Å². The zero-order valence-corrected chi connectivity index (χ0v) is 21.5. The Balaban J connectivity index is 1.63. The number of hydrogen-bond donors (Lipinski definition) is 0. The Hall–Kier alpha value is -2.90. The Morgan fingerprint density at radius 2 is 1.91 bits per heavy atom. The lowest BCUT2D eigenvalue weighted by Crippen LogP contribution is -2.34. The van der Waals surface area contributed by atoms with E-state index in [9.17, 15) is 4.79 Å². The predicted octanol–water partition coefficient (Wildman–Crippen LogP) is 6.60. The minimum absolute atomic E-state index is 0.107. The molecular formula is C26H29ClN4O2S. The lowest BCUT2D eigenvalue weighted by Gasteiger charge is -2.20. The normalized spacial score (nSPS) is 11.2. The number of carbonyl (C=O) groups excluding carboxylic acids is 1. The molecule has 178 valence electrons. The summed E-state index contributed by atoms with van der Waals surface area (Å²) in [4.78, 5) is 20.2. The number of amides is 1. The monoisotopic (exact) mass is 496 g/mol.